The first-order chi connectivity index (χ1) is 13.2. The van der Waals surface area contributed by atoms with Gasteiger partial charge in [-0.15, -0.1) is 0 Å². The first-order valence-electron chi connectivity index (χ1n) is 9.87. The number of aromatic nitrogens is 2. The minimum absolute atomic E-state index is 0.102. The van der Waals surface area contributed by atoms with Crippen molar-refractivity contribution in [3.63, 3.8) is 0 Å². The van der Waals surface area contributed by atoms with Gasteiger partial charge < -0.3 is 14.7 Å². The summed E-state index contributed by atoms with van der Waals surface area (Å²) in [5.74, 6) is 2.79. The Labute approximate surface area is 160 Å². The summed E-state index contributed by atoms with van der Waals surface area (Å²) in [6, 6.07) is 9.74. The molecule has 4 heterocycles. The van der Waals surface area contributed by atoms with Crippen molar-refractivity contribution < 1.29 is 4.79 Å². The van der Waals surface area contributed by atoms with Crippen LogP contribution in [0, 0.1) is 5.92 Å². The Morgan fingerprint density at radius 1 is 0.889 bits per heavy atom. The Balaban J connectivity index is 1.39. The summed E-state index contributed by atoms with van der Waals surface area (Å²) >= 11 is 0. The number of carbonyl (C=O) groups excluding carboxylic acids is 1. The number of hydrogen-bond donors (Lipinski definition) is 0. The van der Waals surface area contributed by atoms with E-state index in [0.717, 1.165) is 49.3 Å². The van der Waals surface area contributed by atoms with E-state index in [-0.39, 0.29) is 5.91 Å². The minimum Gasteiger partial charge on any atom is -0.357 e. The van der Waals surface area contributed by atoms with Crippen molar-refractivity contribution in [3.05, 3.63) is 48.3 Å². The molecular formula is C21H27N5O. The molecule has 0 bridgehead atoms. The molecule has 2 aliphatic rings. The molecule has 2 saturated heterocycles. The molecule has 0 spiro atoms. The van der Waals surface area contributed by atoms with E-state index in [1.54, 1.807) is 6.20 Å². The van der Waals surface area contributed by atoms with Crippen LogP contribution < -0.4 is 9.80 Å². The highest BCUT2D eigenvalue weighted by molar-refractivity contribution is 5.95. The summed E-state index contributed by atoms with van der Waals surface area (Å²) in [7, 11) is 0. The molecule has 142 valence electrons. The van der Waals surface area contributed by atoms with Crippen molar-refractivity contribution in [3.8, 4) is 0 Å². The van der Waals surface area contributed by atoms with Crippen LogP contribution in [0.1, 0.15) is 30.1 Å². The second-order valence-corrected chi connectivity index (χ2v) is 7.54. The number of nitrogens with zero attached hydrogens (tertiary/aromatic N) is 5. The number of piperazine rings is 1. The van der Waals surface area contributed by atoms with Crippen molar-refractivity contribution in [1.29, 1.82) is 0 Å². The fourth-order valence-corrected chi connectivity index (χ4v) is 3.82. The van der Waals surface area contributed by atoms with Crippen molar-refractivity contribution >= 4 is 17.5 Å². The Hall–Kier alpha value is -2.63. The van der Waals surface area contributed by atoms with E-state index in [9.17, 15) is 4.79 Å². The predicted molar refractivity (Wildman–Crippen MR) is 107 cm³/mol. The van der Waals surface area contributed by atoms with E-state index in [1.807, 2.05) is 41.4 Å². The number of anilines is 2. The molecule has 1 amide bonds. The van der Waals surface area contributed by atoms with Gasteiger partial charge in [0.1, 0.15) is 11.6 Å². The van der Waals surface area contributed by atoms with Gasteiger partial charge in [0.05, 0.1) is 0 Å². The van der Waals surface area contributed by atoms with Gasteiger partial charge >= 0.3 is 0 Å². The second kappa shape index (κ2) is 7.94. The van der Waals surface area contributed by atoms with Gasteiger partial charge in [-0.25, -0.2) is 9.97 Å². The lowest BCUT2D eigenvalue weighted by Crippen LogP contribution is -2.49. The first-order valence-corrected chi connectivity index (χ1v) is 9.87. The predicted octanol–water partition coefficient (Wildman–Crippen LogP) is 2.68. The van der Waals surface area contributed by atoms with Gasteiger partial charge in [-0.3, -0.25) is 4.79 Å². The maximum absolute atomic E-state index is 13.0. The van der Waals surface area contributed by atoms with Crippen molar-refractivity contribution in [2.75, 3.05) is 49.1 Å². The lowest BCUT2D eigenvalue weighted by atomic mass is 9.99. The number of rotatable bonds is 3. The molecular weight excluding hydrogens is 338 g/mol. The second-order valence-electron chi connectivity index (χ2n) is 7.54. The molecule has 0 atom stereocenters. The zero-order chi connectivity index (χ0) is 18.6. The fraction of sp³-hybridized carbons (Fsp3) is 0.476. The summed E-state index contributed by atoms with van der Waals surface area (Å²) in [5.41, 5.74) is 0.741. The third-order valence-corrected chi connectivity index (χ3v) is 5.64. The Kier molecular flexibility index (Phi) is 5.23. The van der Waals surface area contributed by atoms with Crippen LogP contribution >= 0.6 is 0 Å². The summed E-state index contributed by atoms with van der Waals surface area (Å²) < 4.78 is 0. The lowest BCUT2D eigenvalue weighted by Gasteiger charge is -2.35. The zero-order valence-electron chi connectivity index (χ0n) is 15.9. The van der Waals surface area contributed by atoms with Crippen molar-refractivity contribution in [2.45, 2.75) is 19.8 Å². The van der Waals surface area contributed by atoms with Crippen LogP contribution in [0.25, 0.3) is 0 Å². The SMILES string of the molecule is CC1CCN(c2cc(C(=O)N3CCN(c4ccccn4)CC3)ccn2)CC1. The third-order valence-electron chi connectivity index (χ3n) is 5.64. The van der Waals surface area contributed by atoms with Gasteiger partial charge in [-0.1, -0.05) is 13.0 Å². The molecule has 0 aliphatic carbocycles. The van der Waals surface area contributed by atoms with Crippen LogP contribution in [0.4, 0.5) is 11.6 Å². The normalized spacial score (nSPS) is 18.6. The minimum atomic E-state index is 0.102. The van der Waals surface area contributed by atoms with E-state index < -0.39 is 0 Å². The molecule has 2 aromatic heterocycles. The molecule has 0 radical (unpaired) electrons. The molecule has 0 N–H and O–H groups in total. The molecule has 6 heteroatoms. The van der Waals surface area contributed by atoms with Crippen molar-refractivity contribution in [2.24, 2.45) is 5.92 Å². The number of amides is 1. The van der Waals surface area contributed by atoms with Crippen LogP contribution in [0.5, 0.6) is 0 Å². The number of carbonyl (C=O) groups is 1. The highest BCUT2D eigenvalue weighted by Crippen LogP contribution is 2.22. The third kappa shape index (κ3) is 4.04. The molecule has 4 rings (SSSR count). The molecule has 0 aromatic carbocycles. The van der Waals surface area contributed by atoms with Crippen LogP contribution in [-0.2, 0) is 0 Å². The van der Waals surface area contributed by atoms with Crippen LogP contribution in [0.3, 0.4) is 0 Å². The maximum atomic E-state index is 13.0. The summed E-state index contributed by atoms with van der Waals surface area (Å²) in [5, 5.41) is 0. The highest BCUT2D eigenvalue weighted by Gasteiger charge is 2.24. The Morgan fingerprint density at radius 3 is 2.30 bits per heavy atom. The molecule has 2 aromatic rings. The Bertz CT molecular complexity index is 765. The monoisotopic (exact) mass is 365 g/mol. The number of piperidine rings is 1. The van der Waals surface area contributed by atoms with E-state index in [4.69, 9.17) is 0 Å². The van der Waals surface area contributed by atoms with Crippen molar-refractivity contribution in [1.82, 2.24) is 14.9 Å². The van der Waals surface area contributed by atoms with Crippen LogP contribution in [-0.4, -0.2) is 60.0 Å². The standard InChI is InChI=1S/C21H27N5O/c1-17-6-10-24(11-7-17)20-16-18(5-9-23-20)21(27)26-14-12-25(13-15-26)19-4-2-3-8-22-19/h2-5,8-9,16-17H,6-7,10-15H2,1H3. The van der Waals surface area contributed by atoms with E-state index in [0.29, 0.717) is 13.1 Å². The van der Waals surface area contributed by atoms with Gasteiger partial charge in [-0.2, -0.15) is 0 Å². The van der Waals surface area contributed by atoms with Gasteiger partial charge in [0.2, 0.25) is 0 Å². The zero-order valence-corrected chi connectivity index (χ0v) is 15.9. The topological polar surface area (TPSA) is 52.6 Å². The fourth-order valence-electron chi connectivity index (χ4n) is 3.82. The summed E-state index contributed by atoms with van der Waals surface area (Å²) in [6.45, 7) is 7.40. The Morgan fingerprint density at radius 2 is 1.59 bits per heavy atom. The first kappa shape index (κ1) is 17.8. The molecule has 0 saturated carbocycles. The van der Waals surface area contributed by atoms with E-state index in [1.165, 1.54) is 12.8 Å². The molecule has 0 unspecified atom stereocenters. The van der Waals surface area contributed by atoms with Gasteiger partial charge in [-0.05, 0) is 43.0 Å². The largest absolute Gasteiger partial charge is 0.357 e. The smallest absolute Gasteiger partial charge is 0.254 e. The summed E-state index contributed by atoms with van der Waals surface area (Å²) in [6.07, 6.45) is 5.96. The average molecular weight is 365 g/mol. The van der Waals surface area contributed by atoms with Crippen LogP contribution in [0.15, 0.2) is 42.7 Å². The maximum Gasteiger partial charge on any atom is 0.254 e. The number of pyridine rings is 2. The molecule has 27 heavy (non-hydrogen) atoms. The van der Waals surface area contributed by atoms with Gasteiger partial charge in [0.15, 0.2) is 0 Å². The average Bonchev–Trinajstić information content (AvgIpc) is 2.75. The van der Waals surface area contributed by atoms with Crippen LogP contribution in [0.2, 0.25) is 0 Å². The lowest BCUT2D eigenvalue weighted by molar-refractivity contribution is 0.0746. The van der Waals surface area contributed by atoms with E-state index in [2.05, 4.69) is 26.7 Å². The molecule has 6 nitrogen and oxygen atoms in total. The summed E-state index contributed by atoms with van der Waals surface area (Å²) in [4.78, 5) is 28.4. The molecule has 2 fully saturated rings. The highest BCUT2D eigenvalue weighted by atomic mass is 16.2. The van der Waals surface area contributed by atoms with E-state index >= 15 is 0 Å². The number of hydrogen-bond acceptors (Lipinski definition) is 5. The molecule has 2 aliphatic heterocycles. The quantitative estimate of drug-likeness (QED) is 0.837. The van der Waals surface area contributed by atoms with Gasteiger partial charge in [0, 0.05) is 57.2 Å². The van der Waals surface area contributed by atoms with Gasteiger partial charge in [0.25, 0.3) is 5.91 Å².